The van der Waals surface area contributed by atoms with Crippen molar-refractivity contribution < 1.29 is 13.2 Å². The van der Waals surface area contributed by atoms with Crippen LogP contribution in [0.1, 0.15) is 23.0 Å². The molecule has 0 saturated carbocycles. The summed E-state index contributed by atoms with van der Waals surface area (Å²) in [4.78, 5) is -0.0393. The molecule has 19 heavy (non-hydrogen) atoms. The van der Waals surface area contributed by atoms with Gasteiger partial charge in [-0.15, -0.1) is 5.10 Å². The third-order valence-electron chi connectivity index (χ3n) is 2.39. The summed E-state index contributed by atoms with van der Waals surface area (Å²) in [6.45, 7) is 1.84. The average molecular weight is 355 g/mol. The molecule has 0 N–H and O–H groups in total. The summed E-state index contributed by atoms with van der Waals surface area (Å²) in [6, 6.07) is 3.24. The van der Waals surface area contributed by atoms with E-state index in [1.807, 2.05) is 6.92 Å². The summed E-state index contributed by atoms with van der Waals surface area (Å²) in [6.07, 6.45) is -2.91. The molecule has 3 nitrogen and oxygen atoms in total. The zero-order valence-electron chi connectivity index (χ0n) is 9.62. The largest absolute Gasteiger partial charge is 0.416 e. The van der Waals surface area contributed by atoms with Crippen molar-refractivity contribution >= 4 is 27.5 Å². The Morgan fingerprint density at radius 3 is 2.53 bits per heavy atom. The zero-order chi connectivity index (χ0) is 14.2. The van der Waals surface area contributed by atoms with Crippen molar-refractivity contribution in [2.45, 2.75) is 17.9 Å². The van der Waals surface area contributed by atoms with Crippen molar-refractivity contribution in [2.24, 2.45) is 0 Å². The van der Waals surface area contributed by atoms with E-state index < -0.39 is 11.7 Å². The first-order valence-corrected chi connectivity index (χ1v) is 6.51. The highest BCUT2D eigenvalue weighted by molar-refractivity contribution is 9.09. The minimum atomic E-state index is -4.45. The highest BCUT2D eigenvalue weighted by Gasteiger charge is 2.31. The van der Waals surface area contributed by atoms with Crippen LogP contribution in [0.2, 0.25) is 5.02 Å². The minimum absolute atomic E-state index is 0.00577. The molecular weight excluding hydrogens is 346 g/mol. The van der Waals surface area contributed by atoms with Gasteiger partial charge in [0.25, 0.3) is 0 Å². The van der Waals surface area contributed by atoms with Crippen LogP contribution in [-0.2, 0) is 6.18 Å². The van der Waals surface area contributed by atoms with Crippen molar-refractivity contribution in [3.05, 3.63) is 40.7 Å². The van der Waals surface area contributed by atoms with Crippen molar-refractivity contribution in [3.63, 3.8) is 0 Å². The number of nitrogens with zero attached hydrogens (tertiary/aromatic N) is 3. The van der Waals surface area contributed by atoms with E-state index in [2.05, 4.69) is 26.2 Å². The van der Waals surface area contributed by atoms with E-state index in [0.717, 1.165) is 12.1 Å². The molecule has 0 aliphatic rings. The predicted molar refractivity (Wildman–Crippen MR) is 68.7 cm³/mol. The van der Waals surface area contributed by atoms with Crippen molar-refractivity contribution in [3.8, 4) is 5.69 Å². The highest BCUT2D eigenvalue weighted by Crippen LogP contribution is 2.32. The Kier molecular flexibility index (Phi) is 3.87. The third kappa shape index (κ3) is 3.27. The number of rotatable bonds is 2. The zero-order valence-corrected chi connectivity index (χ0v) is 12.0. The van der Waals surface area contributed by atoms with Crippen LogP contribution in [0.3, 0.4) is 0 Å². The van der Waals surface area contributed by atoms with Crippen molar-refractivity contribution in [1.82, 2.24) is 15.0 Å². The van der Waals surface area contributed by atoms with Gasteiger partial charge in [0, 0.05) is 5.02 Å². The average Bonchev–Trinajstić information content (AvgIpc) is 2.76. The van der Waals surface area contributed by atoms with Crippen LogP contribution in [0.4, 0.5) is 13.2 Å². The molecule has 0 radical (unpaired) electrons. The van der Waals surface area contributed by atoms with Gasteiger partial charge in [-0.1, -0.05) is 32.7 Å². The molecule has 2 rings (SSSR count). The van der Waals surface area contributed by atoms with Gasteiger partial charge in [-0.05, 0) is 25.1 Å². The molecule has 0 aliphatic heterocycles. The number of hydrogen-bond donors (Lipinski definition) is 0. The van der Waals surface area contributed by atoms with Crippen LogP contribution in [0.15, 0.2) is 24.4 Å². The minimum Gasteiger partial charge on any atom is -0.220 e. The normalized spacial score (nSPS) is 13.6. The van der Waals surface area contributed by atoms with E-state index >= 15 is 0 Å². The Labute approximate surface area is 120 Å². The van der Waals surface area contributed by atoms with Crippen LogP contribution < -0.4 is 0 Å². The maximum absolute atomic E-state index is 12.7. The molecule has 1 heterocycles. The molecule has 102 valence electrons. The standard InChI is InChI=1S/C11H8BrClF3N3/c1-6(12)10-5-19(18-17-10)9-3-7(11(14,15)16)2-8(13)4-9/h2-6H,1H3. The first-order chi connectivity index (χ1) is 8.77. The van der Waals surface area contributed by atoms with Crippen LogP contribution in [0.5, 0.6) is 0 Å². The molecule has 1 aromatic heterocycles. The molecule has 0 saturated heterocycles. The molecule has 1 atom stereocenters. The summed E-state index contributed by atoms with van der Waals surface area (Å²) in [7, 11) is 0. The molecule has 1 unspecified atom stereocenters. The quantitative estimate of drug-likeness (QED) is 0.749. The first-order valence-electron chi connectivity index (χ1n) is 5.22. The third-order valence-corrected chi connectivity index (χ3v) is 3.08. The Morgan fingerprint density at radius 1 is 1.32 bits per heavy atom. The van der Waals surface area contributed by atoms with Gasteiger partial charge in [0.2, 0.25) is 0 Å². The summed E-state index contributed by atoms with van der Waals surface area (Å²) in [5.74, 6) is 0. The van der Waals surface area contributed by atoms with E-state index in [1.165, 1.54) is 10.7 Å². The van der Waals surface area contributed by atoms with Gasteiger partial charge in [0.15, 0.2) is 0 Å². The summed E-state index contributed by atoms with van der Waals surface area (Å²) in [5.41, 5.74) is 0.0131. The van der Waals surface area contributed by atoms with Gasteiger partial charge in [0.1, 0.15) is 0 Å². The molecule has 0 amide bonds. The van der Waals surface area contributed by atoms with Gasteiger partial charge >= 0.3 is 6.18 Å². The van der Waals surface area contributed by atoms with Gasteiger partial charge in [0.05, 0.1) is 28.0 Å². The fourth-order valence-electron chi connectivity index (χ4n) is 1.46. The van der Waals surface area contributed by atoms with Crippen LogP contribution in [0.25, 0.3) is 5.69 Å². The smallest absolute Gasteiger partial charge is 0.220 e. The second-order valence-corrected chi connectivity index (χ2v) is 5.71. The van der Waals surface area contributed by atoms with Crippen molar-refractivity contribution in [1.29, 1.82) is 0 Å². The number of hydrogen-bond acceptors (Lipinski definition) is 2. The van der Waals surface area contributed by atoms with Crippen molar-refractivity contribution in [2.75, 3.05) is 0 Å². The Bertz CT molecular complexity index is 595. The topological polar surface area (TPSA) is 30.7 Å². The first kappa shape index (κ1) is 14.3. The van der Waals surface area contributed by atoms with E-state index in [-0.39, 0.29) is 15.5 Å². The van der Waals surface area contributed by atoms with E-state index in [1.54, 1.807) is 6.20 Å². The van der Waals surface area contributed by atoms with E-state index in [9.17, 15) is 13.2 Å². The number of aromatic nitrogens is 3. The van der Waals surface area contributed by atoms with Crippen LogP contribution >= 0.6 is 27.5 Å². The SMILES string of the molecule is CC(Br)c1cn(-c2cc(Cl)cc(C(F)(F)F)c2)nn1. The summed E-state index contributed by atoms with van der Waals surface area (Å²) in [5, 5.41) is 7.63. The Balaban J connectivity index is 2.47. The lowest BCUT2D eigenvalue weighted by atomic mass is 10.2. The lowest BCUT2D eigenvalue weighted by Gasteiger charge is -2.09. The second kappa shape index (κ2) is 5.13. The maximum atomic E-state index is 12.7. The predicted octanol–water partition coefficient (Wildman–Crippen LogP) is 4.40. The molecule has 0 spiro atoms. The lowest BCUT2D eigenvalue weighted by molar-refractivity contribution is -0.137. The van der Waals surface area contributed by atoms with Gasteiger partial charge in [-0.2, -0.15) is 13.2 Å². The van der Waals surface area contributed by atoms with Crippen LogP contribution in [-0.4, -0.2) is 15.0 Å². The van der Waals surface area contributed by atoms with Crippen LogP contribution in [0, 0.1) is 0 Å². The number of alkyl halides is 4. The molecule has 2 aromatic rings. The number of benzene rings is 1. The Hall–Kier alpha value is -1.08. The van der Waals surface area contributed by atoms with Gasteiger partial charge in [-0.3, -0.25) is 0 Å². The number of halogens is 5. The van der Waals surface area contributed by atoms with E-state index in [4.69, 9.17) is 11.6 Å². The lowest BCUT2D eigenvalue weighted by Crippen LogP contribution is -2.06. The van der Waals surface area contributed by atoms with Gasteiger partial charge in [-0.25, -0.2) is 4.68 Å². The Morgan fingerprint density at radius 2 is 2.00 bits per heavy atom. The highest BCUT2D eigenvalue weighted by atomic mass is 79.9. The molecule has 0 bridgehead atoms. The monoisotopic (exact) mass is 353 g/mol. The second-order valence-electron chi connectivity index (χ2n) is 3.90. The molecule has 1 aromatic carbocycles. The van der Waals surface area contributed by atoms with Gasteiger partial charge < -0.3 is 0 Å². The molecule has 0 fully saturated rings. The fraction of sp³-hybridized carbons (Fsp3) is 0.273. The fourth-order valence-corrected chi connectivity index (χ4v) is 1.89. The summed E-state index contributed by atoms with van der Waals surface area (Å²) < 4.78 is 39.3. The molecule has 8 heteroatoms. The maximum Gasteiger partial charge on any atom is 0.416 e. The molecular formula is C11H8BrClF3N3. The summed E-state index contributed by atoms with van der Waals surface area (Å²) >= 11 is 9.01. The molecule has 0 aliphatic carbocycles. The van der Waals surface area contributed by atoms with E-state index in [0.29, 0.717) is 5.69 Å².